The Bertz CT molecular complexity index is 568. The Hall–Kier alpha value is -1.14. The Balaban J connectivity index is 1.97. The molecule has 2 unspecified atom stereocenters. The van der Waals surface area contributed by atoms with Crippen molar-refractivity contribution in [3.05, 3.63) is 23.2 Å². The summed E-state index contributed by atoms with van der Waals surface area (Å²) in [6.07, 6.45) is 6.31. The first-order valence-corrected chi connectivity index (χ1v) is 6.86. The lowest BCUT2D eigenvalue weighted by Gasteiger charge is -2.19. The van der Waals surface area contributed by atoms with Crippen molar-refractivity contribution < 1.29 is 5.11 Å². The van der Waals surface area contributed by atoms with E-state index < -0.39 is 0 Å². The van der Waals surface area contributed by atoms with Gasteiger partial charge in [0.05, 0.1) is 6.10 Å². The maximum atomic E-state index is 9.67. The van der Waals surface area contributed by atoms with Gasteiger partial charge in [0.25, 0.3) is 0 Å². The van der Waals surface area contributed by atoms with E-state index in [1.54, 1.807) is 6.20 Å². The average Bonchev–Trinajstić information content (AvgIpc) is 2.95. The summed E-state index contributed by atoms with van der Waals surface area (Å²) < 4.78 is 2.76. The predicted octanol–water partition coefficient (Wildman–Crippen LogP) is 1.70. The topological polar surface area (TPSA) is 53.7 Å². The summed E-state index contributed by atoms with van der Waals surface area (Å²) in [5.74, 6) is 1.21. The minimum Gasteiger partial charge on any atom is -0.393 e. The van der Waals surface area contributed by atoms with Crippen LogP contribution in [-0.4, -0.2) is 38.7 Å². The second kappa shape index (κ2) is 4.51. The Morgan fingerprint density at radius 2 is 2.39 bits per heavy atom. The third-order valence-corrected chi connectivity index (χ3v) is 3.92. The van der Waals surface area contributed by atoms with Crippen LogP contribution in [0.4, 0.5) is 5.82 Å². The highest BCUT2D eigenvalue weighted by molar-refractivity contribution is 9.10. The van der Waals surface area contributed by atoms with Gasteiger partial charge < -0.3 is 14.4 Å². The highest BCUT2D eigenvalue weighted by Gasteiger charge is 2.28. The van der Waals surface area contributed by atoms with E-state index >= 15 is 0 Å². The van der Waals surface area contributed by atoms with Gasteiger partial charge in [-0.05, 0) is 29.3 Å². The smallest absolute Gasteiger partial charge is 0.180 e. The molecule has 18 heavy (non-hydrogen) atoms. The number of hydrogen-bond acceptors (Lipinski definition) is 4. The van der Waals surface area contributed by atoms with Crippen molar-refractivity contribution in [1.29, 1.82) is 0 Å². The number of nitrogens with zero attached hydrogens (tertiary/aromatic N) is 4. The van der Waals surface area contributed by atoms with Crippen LogP contribution >= 0.6 is 15.9 Å². The van der Waals surface area contributed by atoms with Crippen LogP contribution in [0.15, 0.2) is 23.2 Å². The third-order valence-electron chi connectivity index (χ3n) is 3.53. The molecular weight excluding hydrogens is 296 g/mol. The van der Waals surface area contributed by atoms with Gasteiger partial charge in [-0.2, -0.15) is 0 Å². The molecule has 1 saturated heterocycles. The van der Waals surface area contributed by atoms with Crippen molar-refractivity contribution in [3.63, 3.8) is 0 Å². The zero-order valence-corrected chi connectivity index (χ0v) is 11.7. The first-order chi connectivity index (χ1) is 8.65. The van der Waals surface area contributed by atoms with Crippen molar-refractivity contribution in [3.8, 4) is 0 Å². The van der Waals surface area contributed by atoms with Crippen LogP contribution in [-0.2, 0) is 0 Å². The minimum absolute atomic E-state index is 0.266. The van der Waals surface area contributed by atoms with Crippen molar-refractivity contribution >= 4 is 27.4 Å². The summed E-state index contributed by atoms with van der Waals surface area (Å²) in [4.78, 5) is 11.1. The molecule has 2 aromatic heterocycles. The quantitative estimate of drug-likeness (QED) is 0.917. The average molecular weight is 311 g/mol. The molecule has 1 fully saturated rings. The van der Waals surface area contributed by atoms with Crippen LogP contribution in [0.25, 0.3) is 5.65 Å². The minimum atomic E-state index is -0.266. The summed E-state index contributed by atoms with van der Waals surface area (Å²) in [7, 11) is 0. The maximum absolute atomic E-state index is 9.67. The molecule has 0 aromatic carbocycles. The van der Waals surface area contributed by atoms with Crippen LogP contribution in [0, 0.1) is 5.92 Å². The molecule has 3 rings (SSSR count). The van der Waals surface area contributed by atoms with Crippen LogP contribution < -0.4 is 4.90 Å². The monoisotopic (exact) mass is 310 g/mol. The van der Waals surface area contributed by atoms with Gasteiger partial charge in [0.2, 0.25) is 0 Å². The van der Waals surface area contributed by atoms with Gasteiger partial charge in [-0.3, -0.25) is 0 Å². The molecule has 0 bridgehead atoms. The van der Waals surface area contributed by atoms with Gasteiger partial charge in [0.1, 0.15) is 4.60 Å². The predicted molar refractivity (Wildman–Crippen MR) is 72.7 cm³/mol. The fraction of sp³-hybridized carbons (Fsp3) is 0.500. The first kappa shape index (κ1) is 11.9. The number of aliphatic hydroxyl groups excluding tert-OH is 1. The molecule has 0 aliphatic carbocycles. The van der Waals surface area contributed by atoms with Gasteiger partial charge in [-0.25, -0.2) is 9.97 Å². The number of rotatable bonds is 2. The van der Waals surface area contributed by atoms with Gasteiger partial charge >= 0.3 is 0 Å². The highest BCUT2D eigenvalue weighted by Crippen LogP contribution is 2.28. The Morgan fingerprint density at radius 3 is 3.11 bits per heavy atom. The molecule has 0 spiro atoms. The van der Waals surface area contributed by atoms with E-state index in [0.717, 1.165) is 35.6 Å². The van der Waals surface area contributed by atoms with Crippen molar-refractivity contribution in [1.82, 2.24) is 14.4 Å². The molecule has 0 radical (unpaired) electrons. The van der Waals surface area contributed by atoms with E-state index in [1.807, 2.05) is 23.7 Å². The standard InChI is InChI=1S/C12H15BrN4O/c1-8(18)9-2-4-16(6-9)12-11-14-3-5-17(11)7-10(13)15-12/h3,5,7-9,18H,2,4,6H2,1H3. The van der Waals surface area contributed by atoms with Crippen molar-refractivity contribution in [2.24, 2.45) is 5.92 Å². The van der Waals surface area contributed by atoms with E-state index in [0.29, 0.717) is 5.92 Å². The number of aliphatic hydroxyl groups is 1. The second-order valence-electron chi connectivity index (χ2n) is 4.78. The Kier molecular flexibility index (Phi) is 2.99. The van der Waals surface area contributed by atoms with E-state index in [-0.39, 0.29) is 6.10 Å². The lowest BCUT2D eigenvalue weighted by molar-refractivity contribution is 0.136. The van der Waals surface area contributed by atoms with Crippen molar-refractivity contribution in [2.45, 2.75) is 19.4 Å². The van der Waals surface area contributed by atoms with E-state index in [9.17, 15) is 5.11 Å². The highest BCUT2D eigenvalue weighted by atomic mass is 79.9. The molecule has 1 N–H and O–H groups in total. The summed E-state index contributed by atoms with van der Waals surface area (Å²) in [5, 5.41) is 9.67. The van der Waals surface area contributed by atoms with E-state index in [2.05, 4.69) is 30.8 Å². The van der Waals surface area contributed by atoms with Gasteiger partial charge in [0, 0.05) is 37.6 Å². The lowest BCUT2D eigenvalue weighted by Crippen LogP contribution is -2.25. The number of imidazole rings is 1. The van der Waals surface area contributed by atoms with Gasteiger partial charge in [0.15, 0.2) is 11.5 Å². The lowest BCUT2D eigenvalue weighted by atomic mass is 10.0. The zero-order chi connectivity index (χ0) is 12.7. The first-order valence-electron chi connectivity index (χ1n) is 6.07. The molecule has 5 nitrogen and oxygen atoms in total. The SMILES string of the molecule is CC(O)C1CCN(c2nc(Br)cn3ccnc23)C1. The van der Waals surface area contributed by atoms with Crippen LogP contribution in [0.2, 0.25) is 0 Å². The van der Waals surface area contributed by atoms with Crippen LogP contribution in [0.1, 0.15) is 13.3 Å². The molecule has 6 heteroatoms. The summed E-state index contributed by atoms with van der Waals surface area (Å²) >= 11 is 3.42. The molecule has 3 heterocycles. The van der Waals surface area contributed by atoms with Crippen LogP contribution in [0.5, 0.6) is 0 Å². The molecule has 0 amide bonds. The molecule has 1 aliphatic rings. The molecule has 2 aromatic rings. The Labute approximate surface area is 114 Å². The summed E-state index contributed by atoms with van der Waals surface area (Å²) in [6, 6.07) is 0. The number of fused-ring (bicyclic) bond motifs is 1. The van der Waals surface area contributed by atoms with Gasteiger partial charge in [-0.1, -0.05) is 0 Å². The van der Waals surface area contributed by atoms with Crippen LogP contribution in [0.3, 0.4) is 0 Å². The normalized spacial score (nSPS) is 21.7. The summed E-state index contributed by atoms with van der Waals surface area (Å²) in [6.45, 7) is 3.61. The second-order valence-corrected chi connectivity index (χ2v) is 5.59. The molecular formula is C12H15BrN4O. The largest absolute Gasteiger partial charge is 0.393 e. The van der Waals surface area contributed by atoms with Crippen molar-refractivity contribution in [2.75, 3.05) is 18.0 Å². The Morgan fingerprint density at radius 1 is 1.56 bits per heavy atom. The number of halogens is 1. The maximum Gasteiger partial charge on any atom is 0.180 e. The zero-order valence-electron chi connectivity index (χ0n) is 10.1. The molecule has 0 saturated carbocycles. The fourth-order valence-corrected chi connectivity index (χ4v) is 2.86. The number of anilines is 1. The van der Waals surface area contributed by atoms with E-state index in [4.69, 9.17) is 0 Å². The van der Waals surface area contributed by atoms with E-state index in [1.165, 1.54) is 0 Å². The molecule has 1 aliphatic heterocycles. The number of hydrogen-bond donors (Lipinski definition) is 1. The third kappa shape index (κ3) is 1.99. The molecule has 2 atom stereocenters. The summed E-state index contributed by atoms with van der Waals surface area (Å²) in [5.41, 5.74) is 0.865. The molecule has 96 valence electrons. The fourth-order valence-electron chi connectivity index (χ4n) is 2.47. The van der Waals surface area contributed by atoms with Gasteiger partial charge in [-0.15, -0.1) is 0 Å². The number of aromatic nitrogens is 3.